The van der Waals surface area contributed by atoms with Gasteiger partial charge in [-0.15, -0.1) is 0 Å². The van der Waals surface area contributed by atoms with E-state index in [0.717, 1.165) is 69.0 Å². The summed E-state index contributed by atoms with van der Waals surface area (Å²) in [5, 5.41) is 12.5. The molecule has 0 aliphatic carbocycles. The lowest BCUT2D eigenvalue weighted by molar-refractivity contribution is -0.136. The molecule has 10 heteroatoms. The molecule has 10 nitrogen and oxygen atoms in total. The van der Waals surface area contributed by atoms with E-state index in [-0.39, 0.29) is 36.2 Å². The fourth-order valence-corrected chi connectivity index (χ4v) is 9.15. The van der Waals surface area contributed by atoms with E-state index in [1.165, 1.54) is 29.7 Å². The van der Waals surface area contributed by atoms with Crippen LogP contribution in [0.25, 0.3) is 0 Å². The molecule has 0 aromatic heterocycles. The molecular formula is C42H51N5O5. The molecule has 3 atom stereocenters. The van der Waals surface area contributed by atoms with Crippen LogP contribution in [-0.4, -0.2) is 90.6 Å². The Balaban J connectivity index is 0.825. The first-order valence-corrected chi connectivity index (χ1v) is 19.2. The maximum Gasteiger partial charge on any atom is 0.255 e. The number of carbonyl (C=O) groups is 3. The number of fused-ring (bicyclic) bond motifs is 2. The van der Waals surface area contributed by atoms with Gasteiger partial charge in [0.1, 0.15) is 11.8 Å². The second-order valence-corrected chi connectivity index (χ2v) is 15.9. The van der Waals surface area contributed by atoms with E-state index in [1.807, 2.05) is 18.2 Å². The Morgan fingerprint density at radius 2 is 1.56 bits per heavy atom. The summed E-state index contributed by atoms with van der Waals surface area (Å²) in [6, 6.07) is 20.4. The topological polar surface area (TPSA) is 106 Å². The molecule has 3 saturated heterocycles. The van der Waals surface area contributed by atoms with Gasteiger partial charge in [-0.1, -0.05) is 32.0 Å². The van der Waals surface area contributed by atoms with E-state index in [4.69, 9.17) is 4.74 Å². The van der Waals surface area contributed by atoms with Crippen LogP contribution in [-0.2, 0) is 27.5 Å². The number of rotatable bonds is 8. The molecule has 5 heterocycles. The SMILES string of the molecule is CC(C)C[C@H]1OCc2cc(O)ccc2[C@H]1c1ccc(N2CCC(CN3CCN(c4ccc5c(c4)CN([C@H]4CCC(=O)NC4=O)C5=O)CC3)CC2)cc1. The number of anilines is 2. The van der Waals surface area contributed by atoms with Crippen molar-refractivity contribution in [1.29, 1.82) is 0 Å². The number of imide groups is 1. The number of phenols is 1. The van der Waals surface area contributed by atoms with E-state index in [2.05, 4.69) is 70.3 Å². The molecule has 5 aliphatic heterocycles. The Morgan fingerprint density at radius 1 is 0.827 bits per heavy atom. The first kappa shape index (κ1) is 34.7. The average Bonchev–Trinajstić information content (AvgIpc) is 3.47. The largest absolute Gasteiger partial charge is 0.508 e. The van der Waals surface area contributed by atoms with Gasteiger partial charge in [0.2, 0.25) is 11.8 Å². The Labute approximate surface area is 306 Å². The zero-order valence-electron chi connectivity index (χ0n) is 30.4. The van der Waals surface area contributed by atoms with Crippen molar-refractivity contribution in [3.05, 3.63) is 88.5 Å². The molecule has 2 N–H and O–H groups in total. The number of phenolic OH excluding ortho intramolecular Hbond substituents is 1. The summed E-state index contributed by atoms with van der Waals surface area (Å²) in [7, 11) is 0. The Bertz CT molecular complexity index is 1810. The molecule has 274 valence electrons. The molecule has 0 unspecified atom stereocenters. The minimum Gasteiger partial charge on any atom is -0.508 e. The Morgan fingerprint density at radius 3 is 2.29 bits per heavy atom. The first-order valence-electron chi connectivity index (χ1n) is 19.2. The monoisotopic (exact) mass is 705 g/mol. The van der Waals surface area contributed by atoms with Crippen LogP contribution in [0.4, 0.5) is 11.4 Å². The number of hydrogen-bond acceptors (Lipinski definition) is 8. The predicted octanol–water partition coefficient (Wildman–Crippen LogP) is 5.27. The number of nitrogens with one attached hydrogen (secondary N) is 1. The maximum atomic E-state index is 13.1. The second-order valence-electron chi connectivity index (χ2n) is 15.9. The smallest absolute Gasteiger partial charge is 0.255 e. The van der Waals surface area contributed by atoms with E-state index >= 15 is 0 Å². The van der Waals surface area contributed by atoms with E-state index in [0.29, 0.717) is 42.7 Å². The summed E-state index contributed by atoms with van der Waals surface area (Å²) < 4.78 is 6.37. The lowest BCUT2D eigenvalue weighted by Gasteiger charge is -2.40. The molecule has 3 aromatic carbocycles. The Kier molecular flexibility index (Phi) is 9.70. The maximum absolute atomic E-state index is 13.1. The molecule has 0 spiro atoms. The third kappa shape index (κ3) is 7.03. The highest BCUT2D eigenvalue weighted by Gasteiger charge is 2.39. The molecule has 3 aromatic rings. The van der Waals surface area contributed by atoms with Crippen molar-refractivity contribution >= 4 is 29.1 Å². The minimum atomic E-state index is -0.586. The van der Waals surface area contributed by atoms with Gasteiger partial charge in [-0.25, -0.2) is 0 Å². The number of benzene rings is 3. The number of piperazine rings is 1. The van der Waals surface area contributed by atoms with Gasteiger partial charge in [0.15, 0.2) is 0 Å². The summed E-state index contributed by atoms with van der Waals surface area (Å²) in [5.41, 5.74) is 7.67. The van der Waals surface area contributed by atoms with Crippen LogP contribution in [0.5, 0.6) is 5.75 Å². The number of amides is 3. The summed E-state index contributed by atoms with van der Waals surface area (Å²) >= 11 is 0. The molecule has 3 fully saturated rings. The Hall–Kier alpha value is -4.41. The quantitative estimate of drug-likeness (QED) is 0.306. The highest BCUT2D eigenvalue weighted by molar-refractivity contribution is 6.05. The van der Waals surface area contributed by atoms with Crippen LogP contribution in [0.2, 0.25) is 0 Å². The normalized spacial score (nSPS) is 24.3. The van der Waals surface area contributed by atoms with Gasteiger partial charge < -0.3 is 24.5 Å². The van der Waals surface area contributed by atoms with Crippen LogP contribution >= 0.6 is 0 Å². The van der Waals surface area contributed by atoms with Gasteiger partial charge >= 0.3 is 0 Å². The lowest BCUT2D eigenvalue weighted by atomic mass is 9.79. The zero-order valence-corrected chi connectivity index (χ0v) is 30.4. The molecule has 0 bridgehead atoms. The summed E-state index contributed by atoms with van der Waals surface area (Å²) in [4.78, 5) is 46.4. The van der Waals surface area contributed by atoms with Crippen LogP contribution in [0.3, 0.4) is 0 Å². The predicted molar refractivity (Wildman–Crippen MR) is 201 cm³/mol. The van der Waals surface area contributed by atoms with Gasteiger partial charge in [0, 0.05) is 81.6 Å². The van der Waals surface area contributed by atoms with Crippen molar-refractivity contribution in [3.63, 3.8) is 0 Å². The molecule has 3 amide bonds. The van der Waals surface area contributed by atoms with Crippen molar-refractivity contribution in [1.82, 2.24) is 15.1 Å². The summed E-state index contributed by atoms with van der Waals surface area (Å²) in [5.74, 6) is 0.921. The number of carbonyl (C=O) groups excluding carboxylic acids is 3. The highest BCUT2D eigenvalue weighted by atomic mass is 16.5. The fraction of sp³-hybridized carbons (Fsp3) is 0.500. The third-order valence-electron chi connectivity index (χ3n) is 12.0. The van der Waals surface area contributed by atoms with Crippen LogP contribution in [0, 0.1) is 11.8 Å². The van der Waals surface area contributed by atoms with Crippen molar-refractivity contribution < 1.29 is 24.2 Å². The third-order valence-corrected chi connectivity index (χ3v) is 12.0. The van der Waals surface area contributed by atoms with Crippen molar-refractivity contribution in [2.24, 2.45) is 11.8 Å². The lowest BCUT2D eigenvalue weighted by Crippen LogP contribution is -2.52. The van der Waals surface area contributed by atoms with Gasteiger partial charge in [-0.05, 0) is 102 Å². The van der Waals surface area contributed by atoms with E-state index in [9.17, 15) is 19.5 Å². The van der Waals surface area contributed by atoms with Crippen LogP contribution in [0.1, 0.15) is 84.5 Å². The van der Waals surface area contributed by atoms with Gasteiger partial charge in [0.25, 0.3) is 5.91 Å². The molecule has 8 rings (SSSR count). The van der Waals surface area contributed by atoms with Crippen LogP contribution < -0.4 is 15.1 Å². The second kappa shape index (κ2) is 14.5. The molecule has 0 saturated carbocycles. The number of nitrogens with zero attached hydrogens (tertiary/aromatic N) is 4. The van der Waals surface area contributed by atoms with E-state index in [1.54, 1.807) is 11.0 Å². The minimum absolute atomic E-state index is 0.123. The first-order chi connectivity index (χ1) is 25.2. The molecule has 5 aliphatic rings. The summed E-state index contributed by atoms with van der Waals surface area (Å²) in [6.07, 6.45) is 4.14. The molecule has 52 heavy (non-hydrogen) atoms. The van der Waals surface area contributed by atoms with Crippen molar-refractivity contribution in [2.45, 2.75) is 77.2 Å². The number of ether oxygens (including phenoxy) is 1. The fourth-order valence-electron chi connectivity index (χ4n) is 9.15. The highest BCUT2D eigenvalue weighted by Crippen LogP contribution is 2.41. The summed E-state index contributed by atoms with van der Waals surface area (Å²) in [6.45, 7) is 12.7. The van der Waals surface area contributed by atoms with Crippen LogP contribution in [0.15, 0.2) is 60.7 Å². The number of aromatic hydroxyl groups is 1. The number of hydrogen-bond donors (Lipinski definition) is 2. The van der Waals surface area contributed by atoms with Gasteiger partial charge in [-0.2, -0.15) is 0 Å². The van der Waals surface area contributed by atoms with Crippen molar-refractivity contribution in [3.8, 4) is 5.75 Å². The standard InChI is InChI=1S/C42H51N5O5/c1-27(2)21-38-40(35-10-8-34(48)23-31(35)26-52-38)29-3-5-32(6-4-29)45-15-13-28(14-16-45)24-44-17-19-46(20-18-44)33-7-9-36-30(22-33)25-47(42(36)51)37-11-12-39(49)43-41(37)50/h3-10,22-23,27-28,37-38,40,48H,11-21,24-26H2,1-2H3,(H,43,49,50)/t37-,38+,40+/m0/s1. The molecular weight excluding hydrogens is 654 g/mol. The molecule has 0 radical (unpaired) electrons. The number of piperidine rings is 2. The van der Waals surface area contributed by atoms with Gasteiger partial charge in [-0.3, -0.25) is 24.6 Å². The van der Waals surface area contributed by atoms with Gasteiger partial charge in [0.05, 0.1) is 12.7 Å². The van der Waals surface area contributed by atoms with E-state index < -0.39 is 6.04 Å². The zero-order chi connectivity index (χ0) is 35.9. The van der Waals surface area contributed by atoms with Crippen molar-refractivity contribution in [2.75, 3.05) is 55.6 Å². The average molecular weight is 706 g/mol.